The number of methoxy groups -OCH3 is 1. The van der Waals surface area contributed by atoms with Gasteiger partial charge in [0.15, 0.2) is 0 Å². The van der Waals surface area contributed by atoms with E-state index in [2.05, 4.69) is 21.8 Å². The van der Waals surface area contributed by atoms with E-state index in [4.69, 9.17) is 9.47 Å². The van der Waals surface area contributed by atoms with Crippen LogP contribution in [0.15, 0.2) is 18.3 Å². The van der Waals surface area contributed by atoms with Gasteiger partial charge in [0, 0.05) is 52.1 Å². The molecular formula is C21H43N3O2. The zero-order chi connectivity index (χ0) is 20.2. The summed E-state index contributed by atoms with van der Waals surface area (Å²) in [4.78, 5) is 9.14. The van der Waals surface area contributed by atoms with E-state index in [1.807, 2.05) is 53.7 Å². The van der Waals surface area contributed by atoms with E-state index in [9.17, 15) is 0 Å². The van der Waals surface area contributed by atoms with Gasteiger partial charge in [-0.1, -0.05) is 41.5 Å². The maximum Gasteiger partial charge on any atom is 0.213 e. The van der Waals surface area contributed by atoms with Crippen LogP contribution in [0, 0.1) is 0 Å². The summed E-state index contributed by atoms with van der Waals surface area (Å²) >= 11 is 0. The monoisotopic (exact) mass is 369 g/mol. The third kappa shape index (κ3) is 13.1. The van der Waals surface area contributed by atoms with Crippen LogP contribution in [0.5, 0.6) is 5.88 Å². The van der Waals surface area contributed by atoms with Gasteiger partial charge in [-0.15, -0.1) is 0 Å². The van der Waals surface area contributed by atoms with Crippen molar-refractivity contribution in [1.29, 1.82) is 0 Å². The second kappa shape index (κ2) is 20.1. The minimum atomic E-state index is 0.594. The molecule has 0 unspecified atom stereocenters. The predicted molar refractivity (Wildman–Crippen MR) is 113 cm³/mol. The molecule has 0 bridgehead atoms. The van der Waals surface area contributed by atoms with Crippen LogP contribution in [-0.2, 0) is 11.3 Å². The fraction of sp³-hybridized carbons (Fsp3) is 0.762. The Hall–Kier alpha value is -1.17. The Kier molecular flexibility index (Phi) is 21.0. The first-order chi connectivity index (χ1) is 12.8. The van der Waals surface area contributed by atoms with E-state index in [0.717, 1.165) is 25.1 Å². The lowest BCUT2D eigenvalue weighted by Gasteiger charge is -2.32. The minimum absolute atomic E-state index is 0.594. The number of aromatic nitrogens is 1. The van der Waals surface area contributed by atoms with Gasteiger partial charge in [-0.3, -0.25) is 0 Å². The predicted octanol–water partition coefficient (Wildman–Crippen LogP) is 4.32. The molecule has 0 aliphatic carbocycles. The molecule has 5 heteroatoms. The van der Waals surface area contributed by atoms with E-state index in [-0.39, 0.29) is 0 Å². The van der Waals surface area contributed by atoms with Gasteiger partial charge in [0.05, 0.1) is 13.2 Å². The molecule has 1 aromatic heterocycles. The minimum Gasteiger partial charge on any atom is -0.478 e. The molecule has 1 aliphatic heterocycles. The number of piperazine rings is 1. The fourth-order valence-corrected chi connectivity index (χ4v) is 2.28. The Morgan fingerprint density at radius 1 is 0.962 bits per heavy atom. The standard InChI is InChI=1S/C15H25N3O2.3C2H6/c1-17-7-9-18(10-8-17)6-3-11-20-15-5-4-14(12-16-15)13-19-2;3*1-2/h4-5,12H,3,6-11,13H2,1-2H3;3*1-2H3. The quantitative estimate of drug-likeness (QED) is 0.669. The SMILES string of the molecule is CC.CC.CC.COCc1ccc(OCCCN2CCN(C)CC2)nc1. The van der Waals surface area contributed by atoms with E-state index >= 15 is 0 Å². The number of ether oxygens (including phenoxy) is 2. The summed E-state index contributed by atoms with van der Waals surface area (Å²) in [6.45, 7) is 19.1. The smallest absolute Gasteiger partial charge is 0.213 e. The van der Waals surface area contributed by atoms with Crippen LogP contribution in [-0.4, -0.2) is 68.3 Å². The molecule has 5 nitrogen and oxygen atoms in total. The Bertz CT molecular complexity index is 377. The number of likely N-dealkylation sites (N-methyl/N-ethyl adjacent to an activating group) is 1. The van der Waals surface area contributed by atoms with Crippen LogP contribution < -0.4 is 4.74 Å². The molecule has 0 aromatic carbocycles. The summed E-state index contributed by atoms with van der Waals surface area (Å²) in [5, 5.41) is 0. The van der Waals surface area contributed by atoms with E-state index in [0.29, 0.717) is 12.5 Å². The lowest BCUT2D eigenvalue weighted by molar-refractivity contribution is 0.145. The average molecular weight is 370 g/mol. The molecular weight excluding hydrogens is 326 g/mol. The first-order valence-electron chi connectivity index (χ1n) is 10.3. The van der Waals surface area contributed by atoms with Gasteiger partial charge in [0.1, 0.15) is 0 Å². The molecule has 1 aliphatic rings. The first-order valence-corrected chi connectivity index (χ1v) is 10.3. The Balaban J connectivity index is 0. The van der Waals surface area contributed by atoms with Crippen molar-refractivity contribution in [2.75, 3.05) is 53.5 Å². The number of rotatable bonds is 7. The maximum absolute atomic E-state index is 5.66. The number of pyridine rings is 1. The normalized spacial score (nSPS) is 14.0. The largest absolute Gasteiger partial charge is 0.478 e. The summed E-state index contributed by atoms with van der Waals surface area (Å²) < 4.78 is 10.7. The van der Waals surface area contributed by atoms with Gasteiger partial charge in [0.2, 0.25) is 5.88 Å². The van der Waals surface area contributed by atoms with Crippen LogP contribution in [0.25, 0.3) is 0 Å². The highest BCUT2D eigenvalue weighted by Gasteiger charge is 2.12. The molecule has 1 fully saturated rings. The van der Waals surface area contributed by atoms with Crippen LogP contribution in [0.1, 0.15) is 53.5 Å². The first kappa shape index (κ1) is 27.1. The Morgan fingerprint density at radius 2 is 1.58 bits per heavy atom. The summed E-state index contributed by atoms with van der Waals surface area (Å²) in [5.74, 6) is 0.697. The second-order valence-corrected chi connectivity index (χ2v) is 5.28. The van der Waals surface area contributed by atoms with Gasteiger partial charge in [-0.2, -0.15) is 0 Å². The van der Waals surface area contributed by atoms with Crippen molar-refractivity contribution in [3.05, 3.63) is 23.9 Å². The Morgan fingerprint density at radius 3 is 2.08 bits per heavy atom. The molecule has 2 rings (SSSR count). The number of hydrogen-bond donors (Lipinski definition) is 0. The molecule has 0 N–H and O–H groups in total. The maximum atomic E-state index is 5.66. The summed E-state index contributed by atoms with van der Waals surface area (Å²) in [7, 11) is 3.86. The van der Waals surface area contributed by atoms with Crippen LogP contribution >= 0.6 is 0 Å². The van der Waals surface area contributed by atoms with Crippen molar-refractivity contribution in [2.45, 2.75) is 54.6 Å². The van der Waals surface area contributed by atoms with Gasteiger partial charge in [0.25, 0.3) is 0 Å². The molecule has 1 aromatic rings. The molecule has 0 spiro atoms. The highest BCUT2D eigenvalue weighted by atomic mass is 16.5. The second-order valence-electron chi connectivity index (χ2n) is 5.28. The fourth-order valence-electron chi connectivity index (χ4n) is 2.28. The number of hydrogen-bond acceptors (Lipinski definition) is 5. The van der Waals surface area contributed by atoms with Gasteiger partial charge >= 0.3 is 0 Å². The molecule has 1 saturated heterocycles. The van der Waals surface area contributed by atoms with Crippen LogP contribution in [0.3, 0.4) is 0 Å². The zero-order valence-corrected chi connectivity index (χ0v) is 18.5. The molecule has 2 heterocycles. The molecule has 0 atom stereocenters. The van der Waals surface area contributed by atoms with Gasteiger partial charge in [-0.05, 0) is 25.1 Å². The summed E-state index contributed by atoms with van der Waals surface area (Å²) in [5.41, 5.74) is 1.07. The van der Waals surface area contributed by atoms with Crippen LogP contribution in [0.2, 0.25) is 0 Å². The van der Waals surface area contributed by atoms with E-state index < -0.39 is 0 Å². The molecule has 0 saturated carbocycles. The van der Waals surface area contributed by atoms with Crippen molar-refractivity contribution < 1.29 is 9.47 Å². The van der Waals surface area contributed by atoms with Gasteiger partial charge in [-0.25, -0.2) is 4.98 Å². The van der Waals surface area contributed by atoms with E-state index in [1.54, 1.807) is 13.3 Å². The Labute approximate surface area is 162 Å². The van der Waals surface area contributed by atoms with Gasteiger partial charge < -0.3 is 19.3 Å². The van der Waals surface area contributed by atoms with Crippen molar-refractivity contribution >= 4 is 0 Å². The zero-order valence-electron chi connectivity index (χ0n) is 18.5. The van der Waals surface area contributed by atoms with Crippen molar-refractivity contribution in [1.82, 2.24) is 14.8 Å². The highest BCUT2D eigenvalue weighted by Crippen LogP contribution is 2.09. The third-order valence-corrected chi connectivity index (χ3v) is 3.57. The average Bonchev–Trinajstić information content (AvgIpc) is 2.73. The van der Waals surface area contributed by atoms with E-state index in [1.165, 1.54) is 26.2 Å². The van der Waals surface area contributed by atoms with Crippen molar-refractivity contribution in [3.63, 3.8) is 0 Å². The number of nitrogens with zero attached hydrogens (tertiary/aromatic N) is 3. The molecule has 0 radical (unpaired) electrons. The van der Waals surface area contributed by atoms with Crippen molar-refractivity contribution in [3.8, 4) is 5.88 Å². The van der Waals surface area contributed by atoms with Crippen LogP contribution in [0.4, 0.5) is 0 Å². The summed E-state index contributed by atoms with van der Waals surface area (Å²) in [6.07, 6.45) is 2.85. The lowest BCUT2D eigenvalue weighted by atomic mass is 10.3. The lowest BCUT2D eigenvalue weighted by Crippen LogP contribution is -2.44. The topological polar surface area (TPSA) is 37.8 Å². The third-order valence-electron chi connectivity index (χ3n) is 3.57. The molecule has 154 valence electrons. The molecule has 26 heavy (non-hydrogen) atoms. The highest BCUT2D eigenvalue weighted by molar-refractivity contribution is 5.17. The molecule has 0 amide bonds. The summed E-state index contributed by atoms with van der Waals surface area (Å²) in [6, 6.07) is 3.90. The van der Waals surface area contributed by atoms with Crippen molar-refractivity contribution in [2.24, 2.45) is 0 Å².